The summed E-state index contributed by atoms with van der Waals surface area (Å²) in [5.41, 5.74) is 2.10. The summed E-state index contributed by atoms with van der Waals surface area (Å²) in [6.45, 7) is 3.07. The van der Waals surface area contributed by atoms with Crippen molar-refractivity contribution in [3.8, 4) is 5.75 Å². The lowest BCUT2D eigenvalue weighted by atomic mass is 9.92. The molecule has 1 saturated carbocycles. The third-order valence-electron chi connectivity index (χ3n) is 5.62. The van der Waals surface area contributed by atoms with Gasteiger partial charge in [-0.25, -0.2) is 4.39 Å². The minimum Gasteiger partial charge on any atom is -0.497 e. The second kappa shape index (κ2) is 7.59. The smallest absolute Gasteiger partial charge is 0.230 e. The fourth-order valence-electron chi connectivity index (χ4n) is 3.89. The van der Waals surface area contributed by atoms with E-state index in [2.05, 4.69) is 17.0 Å². The molecule has 2 aromatic carbocycles. The number of methoxy groups -OCH3 is 1. The summed E-state index contributed by atoms with van der Waals surface area (Å²) in [7, 11) is 1.66. The van der Waals surface area contributed by atoms with Crippen molar-refractivity contribution < 1.29 is 13.9 Å². The zero-order valence-electron chi connectivity index (χ0n) is 15.6. The van der Waals surface area contributed by atoms with Crippen LogP contribution in [0.4, 0.5) is 10.1 Å². The number of carbonyl (C=O) groups is 1. The molecule has 1 aliphatic heterocycles. The van der Waals surface area contributed by atoms with Crippen LogP contribution in [-0.2, 0) is 4.79 Å². The van der Waals surface area contributed by atoms with Crippen LogP contribution in [0.15, 0.2) is 48.5 Å². The molecule has 2 fully saturated rings. The standard InChI is InChI=1S/C22H25FN2O2/c1-27-20-10-8-19(9-11-20)24-12-14-25(15-13-24)22(26)21(16-2-3-16)17-4-6-18(23)7-5-17/h4-11,16,21H,2-3,12-15H2,1H3. The van der Waals surface area contributed by atoms with Gasteiger partial charge in [0.25, 0.3) is 0 Å². The van der Waals surface area contributed by atoms with Crippen LogP contribution in [-0.4, -0.2) is 44.1 Å². The molecule has 1 aliphatic carbocycles. The highest BCUT2D eigenvalue weighted by atomic mass is 19.1. The van der Waals surface area contributed by atoms with Gasteiger partial charge in [-0.05, 0) is 60.7 Å². The Bertz CT molecular complexity index is 779. The Morgan fingerprint density at radius 3 is 2.19 bits per heavy atom. The van der Waals surface area contributed by atoms with Crippen molar-refractivity contribution in [3.05, 3.63) is 59.9 Å². The Balaban J connectivity index is 1.41. The summed E-state index contributed by atoms with van der Waals surface area (Å²) in [6.07, 6.45) is 2.17. The first-order valence-electron chi connectivity index (χ1n) is 9.59. The quantitative estimate of drug-likeness (QED) is 0.807. The van der Waals surface area contributed by atoms with Crippen LogP contribution in [0.1, 0.15) is 24.3 Å². The molecule has 2 aliphatic rings. The van der Waals surface area contributed by atoms with E-state index < -0.39 is 0 Å². The number of rotatable bonds is 5. The highest BCUT2D eigenvalue weighted by molar-refractivity contribution is 5.84. The van der Waals surface area contributed by atoms with E-state index in [1.807, 2.05) is 17.0 Å². The number of ether oxygens (including phenoxy) is 1. The molecule has 0 bridgehead atoms. The van der Waals surface area contributed by atoms with Gasteiger partial charge in [0.15, 0.2) is 0 Å². The number of carbonyl (C=O) groups excluding carboxylic acids is 1. The molecule has 27 heavy (non-hydrogen) atoms. The summed E-state index contributed by atoms with van der Waals surface area (Å²) in [5.74, 6) is 1.06. The first-order valence-corrected chi connectivity index (χ1v) is 9.59. The molecule has 0 radical (unpaired) electrons. The third kappa shape index (κ3) is 3.92. The molecular weight excluding hydrogens is 343 g/mol. The highest BCUT2D eigenvalue weighted by Gasteiger charge is 2.39. The summed E-state index contributed by atoms with van der Waals surface area (Å²) in [4.78, 5) is 17.5. The SMILES string of the molecule is COc1ccc(N2CCN(C(=O)C(c3ccc(F)cc3)C3CC3)CC2)cc1. The second-order valence-corrected chi connectivity index (χ2v) is 7.38. The Morgan fingerprint density at radius 2 is 1.63 bits per heavy atom. The van der Waals surface area contributed by atoms with E-state index in [9.17, 15) is 9.18 Å². The van der Waals surface area contributed by atoms with E-state index in [4.69, 9.17) is 4.74 Å². The van der Waals surface area contributed by atoms with Crippen LogP contribution in [0.25, 0.3) is 0 Å². The lowest BCUT2D eigenvalue weighted by Crippen LogP contribution is -2.50. The van der Waals surface area contributed by atoms with E-state index in [1.54, 1.807) is 19.2 Å². The van der Waals surface area contributed by atoms with Crippen molar-refractivity contribution in [2.24, 2.45) is 5.92 Å². The Labute approximate surface area is 159 Å². The van der Waals surface area contributed by atoms with Crippen molar-refractivity contribution >= 4 is 11.6 Å². The Kier molecular flexibility index (Phi) is 5.01. The Hall–Kier alpha value is -2.56. The summed E-state index contributed by atoms with van der Waals surface area (Å²) in [6, 6.07) is 14.5. The molecule has 4 rings (SSSR count). The Morgan fingerprint density at radius 1 is 1.00 bits per heavy atom. The highest BCUT2D eigenvalue weighted by Crippen LogP contribution is 2.43. The number of hydrogen-bond acceptors (Lipinski definition) is 3. The zero-order chi connectivity index (χ0) is 18.8. The van der Waals surface area contributed by atoms with Crippen molar-refractivity contribution in [1.29, 1.82) is 0 Å². The van der Waals surface area contributed by atoms with Gasteiger partial charge in [-0.15, -0.1) is 0 Å². The van der Waals surface area contributed by atoms with Crippen LogP contribution in [0.3, 0.4) is 0 Å². The van der Waals surface area contributed by atoms with Gasteiger partial charge in [-0.3, -0.25) is 4.79 Å². The second-order valence-electron chi connectivity index (χ2n) is 7.38. The lowest BCUT2D eigenvalue weighted by Gasteiger charge is -2.37. The monoisotopic (exact) mass is 368 g/mol. The predicted octanol–water partition coefficient (Wildman–Crippen LogP) is 3.68. The summed E-state index contributed by atoms with van der Waals surface area (Å²) in [5, 5.41) is 0. The molecular formula is C22H25FN2O2. The topological polar surface area (TPSA) is 32.8 Å². The predicted molar refractivity (Wildman–Crippen MR) is 104 cm³/mol. The van der Waals surface area contributed by atoms with E-state index >= 15 is 0 Å². The normalized spacial score (nSPS) is 18.3. The molecule has 1 heterocycles. The molecule has 1 amide bonds. The van der Waals surface area contributed by atoms with Crippen molar-refractivity contribution in [2.75, 3.05) is 38.2 Å². The maximum Gasteiger partial charge on any atom is 0.230 e. The van der Waals surface area contributed by atoms with E-state index in [0.717, 1.165) is 56.0 Å². The third-order valence-corrected chi connectivity index (χ3v) is 5.62. The average Bonchev–Trinajstić information content (AvgIpc) is 3.55. The minimum absolute atomic E-state index is 0.127. The number of amides is 1. The van der Waals surface area contributed by atoms with E-state index in [1.165, 1.54) is 12.1 Å². The molecule has 0 N–H and O–H groups in total. The number of anilines is 1. The first-order chi connectivity index (χ1) is 13.2. The van der Waals surface area contributed by atoms with Crippen LogP contribution in [0.2, 0.25) is 0 Å². The maximum atomic E-state index is 13.3. The molecule has 5 heteroatoms. The molecule has 0 spiro atoms. The molecule has 0 aromatic heterocycles. The van der Waals surface area contributed by atoms with Gasteiger partial charge in [0, 0.05) is 31.9 Å². The van der Waals surface area contributed by atoms with Crippen molar-refractivity contribution in [3.63, 3.8) is 0 Å². The summed E-state index contributed by atoms with van der Waals surface area (Å²) >= 11 is 0. The largest absolute Gasteiger partial charge is 0.497 e. The van der Waals surface area contributed by atoms with Crippen LogP contribution in [0, 0.1) is 11.7 Å². The molecule has 4 nitrogen and oxygen atoms in total. The molecule has 1 atom stereocenters. The number of halogens is 1. The lowest BCUT2D eigenvalue weighted by molar-refractivity contribution is -0.133. The average molecular weight is 368 g/mol. The van der Waals surface area contributed by atoms with Gasteiger partial charge >= 0.3 is 0 Å². The summed E-state index contributed by atoms with van der Waals surface area (Å²) < 4.78 is 18.5. The van der Waals surface area contributed by atoms with Crippen molar-refractivity contribution in [2.45, 2.75) is 18.8 Å². The molecule has 1 saturated heterocycles. The number of benzene rings is 2. The maximum absolute atomic E-state index is 13.3. The number of hydrogen-bond donors (Lipinski definition) is 0. The van der Waals surface area contributed by atoms with Gasteiger partial charge in [0.2, 0.25) is 5.91 Å². The van der Waals surface area contributed by atoms with Gasteiger partial charge in [-0.2, -0.15) is 0 Å². The van der Waals surface area contributed by atoms with E-state index in [0.29, 0.717) is 5.92 Å². The molecule has 1 unspecified atom stereocenters. The number of piperazine rings is 1. The zero-order valence-corrected chi connectivity index (χ0v) is 15.6. The van der Waals surface area contributed by atoms with Gasteiger partial charge < -0.3 is 14.5 Å². The first kappa shape index (κ1) is 17.8. The fraction of sp³-hybridized carbons (Fsp3) is 0.409. The fourth-order valence-corrected chi connectivity index (χ4v) is 3.89. The number of nitrogens with zero attached hydrogens (tertiary/aromatic N) is 2. The van der Waals surface area contributed by atoms with Gasteiger partial charge in [0.05, 0.1) is 13.0 Å². The van der Waals surface area contributed by atoms with Gasteiger partial charge in [0.1, 0.15) is 11.6 Å². The minimum atomic E-state index is -0.256. The van der Waals surface area contributed by atoms with Crippen LogP contribution in [0.5, 0.6) is 5.75 Å². The molecule has 2 aromatic rings. The van der Waals surface area contributed by atoms with Crippen molar-refractivity contribution in [1.82, 2.24) is 4.90 Å². The van der Waals surface area contributed by atoms with Crippen LogP contribution < -0.4 is 9.64 Å². The molecule has 142 valence electrons. The van der Waals surface area contributed by atoms with Crippen LogP contribution >= 0.6 is 0 Å². The van der Waals surface area contributed by atoms with E-state index in [-0.39, 0.29) is 17.6 Å². The van der Waals surface area contributed by atoms with Gasteiger partial charge in [-0.1, -0.05) is 12.1 Å².